The summed E-state index contributed by atoms with van der Waals surface area (Å²) in [5.74, 6) is -0.414. The van der Waals surface area contributed by atoms with Crippen molar-refractivity contribution in [2.24, 2.45) is 5.41 Å². The Hall–Kier alpha value is -2.09. The van der Waals surface area contributed by atoms with E-state index in [1.54, 1.807) is 0 Å². The number of carbonyl (C=O) groups is 2. The molecule has 3 aliphatic rings. The van der Waals surface area contributed by atoms with Crippen LogP contribution in [0.4, 0.5) is 5.69 Å². The molecule has 0 saturated carbocycles. The van der Waals surface area contributed by atoms with Crippen molar-refractivity contribution < 1.29 is 14.3 Å². The molecule has 4 rings (SSSR count). The summed E-state index contributed by atoms with van der Waals surface area (Å²) in [4.78, 5) is 34.4. The van der Waals surface area contributed by atoms with Gasteiger partial charge in [-0.05, 0) is 35.1 Å². The number of thiol groups is 1. The first-order valence-corrected chi connectivity index (χ1v) is 12.3. The lowest BCUT2D eigenvalue weighted by Crippen LogP contribution is -2.51. The first-order valence-electron chi connectivity index (χ1n) is 11.4. The van der Waals surface area contributed by atoms with Gasteiger partial charge in [0.1, 0.15) is 6.10 Å². The maximum Gasteiger partial charge on any atom is 0.266 e. The highest BCUT2D eigenvalue weighted by Gasteiger charge is 2.36. The quantitative estimate of drug-likeness (QED) is 0.558. The average molecular weight is 457 g/mol. The lowest BCUT2D eigenvalue weighted by atomic mass is 9.96. The molecule has 0 aliphatic carbocycles. The van der Waals surface area contributed by atoms with Gasteiger partial charge in [-0.2, -0.15) is 11.8 Å². The van der Waals surface area contributed by atoms with E-state index in [9.17, 15) is 9.59 Å². The molecule has 3 aliphatic heterocycles. The Kier molecular flexibility index (Phi) is 6.79. The summed E-state index contributed by atoms with van der Waals surface area (Å²) in [5, 5.41) is 0. The molecule has 1 atom stereocenters. The zero-order valence-corrected chi connectivity index (χ0v) is 20.4. The number of carbonyl (C=O) groups excluding carboxylic acids is 2. The summed E-state index contributed by atoms with van der Waals surface area (Å²) < 4.78 is 5.87. The molecule has 3 heterocycles. The minimum absolute atomic E-state index is 0.00457. The van der Waals surface area contributed by atoms with Crippen molar-refractivity contribution in [2.45, 2.75) is 33.3 Å². The topological polar surface area (TPSA) is 53.1 Å². The summed E-state index contributed by atoms with van der Waals surface area (Å²) in [6, 6.07) is 8.25. The van der Waals surface area contributed by atoms with E-state index in [4.69, 9.17) is 4.74 Å². The number of piperazine rings is 1. The van der Waals surface area contributed by atoms with Crippen LogP contribution in [0.1, 0.15) is 26.3 Å². The second kappa shape index (κ2) is 9.41. The highest BCUT2D eigenvalue weighted by Crippen LogP contribution is 2.43. The number of imide groups is 1. The lowest BCUT2D eigenvalue weighted by Gasteiger charge is -2.36. The molecular formula is C25H34N3O3S. The molecule has 2 saturated heterocycles. The van der Waals surface area contributed by atoms with Gasteiger partial charge in [0.25, 0.3) is 11.8 Å². The van der Waals surface area contributed by atoms with Crippen molar-refractivity contribution in [1.29, 1.82) is 0 Å². The van der Waals surface area contributed by atoms with Crippen molar-refractivity contribution in [3.63, 3.8) is 0 Å². The highest BCUT2D eigenvalue weighted by atomic mass is 32.2. The Labute approximate surface area is 195 Å². The van der Waals surface area contributed by atoms with E-state index in [1.807, 2.05) is 24.3 Å². The van der Waals surface area contributed by atoms with Crippen LogP contribution in [0.15, 0.2) is 46.2 Å². The highest BCUT2D eigenvalue weighted by molar-refractivity contribution is 8.07. The Balaban J connectivity index is 1.44. The maximum atomic E-state index is 13.2. The van der Waals surface area contributed by atoms with E-state index in [0.29, 0.717) is 24.5 Å². The SMILES string of the molecule is CN1CCN(c2ccccc2CC2OCCN(C(=O)C3=CC=C(C(C)(C)C)[SH]3)C2=O)CC1. The fourth-order valence-electron chi connectivity index (χ4n) is 4.27. The standard InChI is InChI=1S/C25H34N3O3S/c1-25(2,3)22-10-9-21(32-22)24(30)28-15-16-31-20(23(28)29)17-18-7-5-6-8-19(18)27-13-11-26(4)12-14-27/h5-10,20,32H,11-17H2,1-4H3. The van der Waals surface area contributed by atoms with E-state index >= 15 is 0 Å². The van der Waals surface area contributed by atoms with E-state index in [-0.39, 0.29) is 17.2 Å². The average Bonchev–Trinajstić information content (AvgIpc) is 3.27. The number of allylic oxidation sites excluding steroid dienone is 3. The van der Waals surface area contributed by atoms with Gasteiger partial charge < -0.3 is 14.5 Å². The molecule has 0 aromatic heterocycles. The molecule has 1 unspecified atom stereocenters. The summed E-state index contributed by atoms with van der Waals surface area (Å²) in [6.07, 6.45) is 3.73. The van der Waals surface area contributed by atoms with E-state index < -0.39 is 6.10 Å². The first-order chi connectivity index (χ1) is 15.2. The number of hydrogen-bond acceptors (Lipinski definition) is 5. The Morgan fingerprint density at radius 2 is 1.81 bits per heavy atom. The number of rotatable bonds is 4. The minimum atomic E-state index is -0.630. The van der Waals surface area contributed by atoms with Crippen molar-refractivity contribution in [3.8, 4) is 0 Å². The molecule has 6 nitrogen and oxygen atoms in total. The summed E-state index contributed by atoms with van der Waals surface area (Å²) in [7, 11) is 2.14. The number of benzene rings is 1. The van der Waals surface area contributed by atoms with Crippen LogP contribution < -0.4 is 4.90 Å². The fourth-order valence-corrected chi connectivity index (χ4v) is 5.38. The van der Waals surface area contributed by atoms with Crippen LogP contribution in [0.5, 0.6) is 0 Å². The van der Waals surface area contributed by atoms with E-state index in [1.165, 1.54) is 9.81 Å². The predicted octanol–water partition coefficient (Wildman–Crippen LogP) is 3.03. The number of nitrogens with zero attached hydrogens (tertiary/aromatic N) is 3. The van der Waals surface area contributed by atoms with Gasteiger partial charge in [0, 0.05) is 38.3 Å². The largest absolute Gasteiger partial charge is 0.369 e. The molecule has 1 aromatic rings. The number of amides is 2. The molecule has 2 fully saturated rings. The molecule has 173 valence electrons. The van der Waals surface area contributed by atoms with Crippen LogP contribution >= 0.6 is 11.8 Å². The van der Waals surface area contributed by atoms with Gasteiger partial charge in [-0.15, -0.1) is 0 Å². The number of hydrogen-bond donors (Lipinski definition) is 1. The summed E-state index contributed by atoms with van der Waals surface area (Å²) in [6.45, 7) is 11.1. The van der Waals surface area contributed by atoms with Gasteiger partial charge in [-0.25, -0.2) is 0 Å². The molecular weight excluding hydrogens is 422 g/mol. The summed E-state index contributed by atoms with van der Waals surface area (Å²) >= 11 is 0.902. The molecule has 1 radical (unpaired) electrons. The third-order valence-electron chi connectivity index (χ3n) is 6.29. The molecule has 2 amide bonds. The van der Waals surface area contributed by atoms with Crippen molar-refractivity contribution >= 4 is 29.3 Å². The maximum absolute atomic E-state index is 13.2. The molecule has 0 bridgehead atoms. The second-order valence-corrected chi connectivity index (χ2v) is 10.9. The van der Waals surface area contributed by atoms with Crippen LogP contribution in [0.2, 0.25) is 0 Å². The van der Waals surface area contributed by atoms with Crippen LogP contribution in [-0.2, 0) is 20.7 Å². The van der Waals surface area contributed by atoms with E-state index in [2.05, 4.69) is 49.8 Å². The van der Waals surface area contributed by atoms with Crippen LogP contribution in [0, 0.1) is 5.41 Å². The van der Waals surface area contributed by atoms with Gasteiger partial charge >= 0.3 is 0 Å². The van der Waals surface area contributed by atoms with Crippen LogP contribution in [0.3, 0.4) is 0 Å². The minimum Gasteiger partial charge on any atom is -0.369 e. The normalized spacial score (nSPS) is 22.8. The van der Waals surface area contributed by atoms with Crippen LogP contribution in [0.25, 0.3) is 0 Å². The van der Waals surface area contributed by atoms with Gasteiger partial charge in [0.05, 0.1) is 18.1 Å². The lowest BCUT2D eigenvalue weighted by molar-refractivity contribution is -0.159. The monoisotopic (exact) mass is 456 g/mol. The number of para-hydroxylation sites is 1. The van der Waals surface area contributed by atoms with Crippen molar-refractivity contribution in [1.82, 2.24) is 9.80 Å². The molecule has 0 spiro atoms. The Bertz CT molecular complexity index is 942. The van der Waals surface area contributed by atoms with Gasteiger partial charge in [0.2, 0.25) is 0 Å². The third kappa shape index (κ3) is 4.95. The van der Waals surface area contributed by atoms with Crippen molar-refractivity contribution in [3.05, 3.63) is 51.8 Å². The Morgan fingerprint density at radius 3 is 2.50 bits per heavy atom. The van der Waals surface area contributed by atoms with E-state index in [0.717, 1.165) is 49.2 Å². The zero-order valence-electron chi connectivity index (χ0n) is 19.5. The number of anilines is 1. The molecule has 1 aromatic carbocycles. The predicted molar refractivity (Wildman–Crippen MR) is 131 cm³/mol. The van der Waals surface area contributed by atoms with Crippen molar-refractivity contribution in [2.75, 3.05) is 51.3 Å². The smallest absolute Gasteiger partial charge is 0.266 e. The Morgan fingerprint density at radius 1 is 1.09 bits per heavy atom. The first kappa shape index (κ1) is 23.1. The number of ether oxygens (including phenoxy) is 1. The summed E-state index contributed by atoms with van der Waals surface area (Å²) in [5.41, 5.74) is 2.26. The zero-order chi connectivity index (χ0) is 22.9. The molecule has 32 heavy (non-hydrogen) atoms. The van der Waals surface area contributed by atoms with Gasteiger partial charge in [-0.1, -0.05) is 45.0 Å². The number of likely N-dealkylation sites (N-methyl/N-ethyl adjacent to an activating group) is 1. The molecule has 7 heteroatoms. The second-order valence-electron chi connectivity index (χ2n) is 9.74. The van der Waals surface area contributed by atoms with Crippen LogP contribution in [-0.4, -0.2) is 74.1 Å². The molecule has 0 N–H and O–H groups in total. The number of morpholine rings is 1. The third-order valence-corrected chi connectivity index (χ3v) is 7.93. The van der Waals surface area contributed by atoms with Gasteiger partial charge in [-0.3, -0.25) is 14.5 Å². The fraction of sp³-hybridized carbons (Fsp3) is 0.520. The van der Waals surface area contributed by atoms with Gasteiger partial charge in [0.15, 0.2) is 0 Å².